The predicted molar refractivity (Wildman–Crippen MR) is 117 cm³/mol. The molecule has 1 amide bonds. The van der Waals surface area contributed by atoms with E-state index in [1.807, 2.05) is 25.1 Å². The number of amides is 1. The second-order valence-corrected chi connectivity index (χ2v) is 8.73. The average Bonchev–Trinajstić information content (AvgIpc) is 3.42. The highest BCUT2D eigenvalue weighted by atomic mass is 32.2. The maximum atomic E-state index is 13.0. The van der Waals surface area contributed by atoms with E-state index in [9.17, 15) is 4.79 Å². The van der Waals surface area contributed by atoms with E-state index in [2.05, 4.69) is 39.8 Å². The van der Waals surface area contributed by atoms with Gasteiger partial charge in [-0.05, 0) is 43.8 Å². The number of anilines is 1. The minimum atomic E-state index is -0.377. The lowest BCUT2D eigenvalue weighted by atomic mass is 10.3. The smallest absolute Gasteiger partial charge is 0.277 e. The monoisotopic (exact) mass is 472 g/mol. The summed E-state index contributed by atoms with van der Waals surface area (Å²) in [7, 11) is 0. The summed E-state index contributed by atoms with van der Waals surface area (Å²) in [5, 5.41) is 11.0. The summed E-state index contributed by atoms with van der Waals surface area (Å²) in [6.45, 7) is 4.21. The normalized spacial score (nSPS) is 10.8. The zero-order valence-corrected chi connectivity index (χ0v) is 18.8. The Labute approximate surface area is 189 Å². The first kappa shape index (κ1) is 21.2. The molecule has 158 valence electrons. The number of hydrogen-bond donors (Lipinski definition) is 2. The number of nitrogens with one attached hydrogen (secondary N) is 2. The van der Waals surface area contributed by atoms with Gasteiger partial charge in [0.05, 0.1) is 6.61 Å². The first-order valence-electron chi connectivity index (χ1n) is 9.03. The number of pyridine rings is 2. The molecule has 0 atom stereocenters. The maximum absolute atomic E-state index is 13.0. The lowest BCUT2D eigenvalue weighted by Crippen LogP contribution is -2.15. The third-order valence-electron chi connectivity index (χ3n) is 3.62. The zero-order chi connectivity index (χ0) is 21.6. The summed E-state index contributed by atoms with van der Waals surface area (Å²) in [4.78, 5) is 31.6. The van der Waals surface area contributed by atoms with Crippen LogP contribution in [0.4, 0.5) is 5.13 Å². The van der Waals surface area contributed by atoms with E-state index in [1.54, 1.807) is 19.2 Å². The third-order valence-corrected chi connectivity index (χ3v) is 6.19. The van der Waals surface area contributed by atoms with Crippen molar-refractivity contribution in [3.63, 3.8) is 0 Å². The Morgan fingerprint density at radius 2 is 2.10 bits per heavy atom. The number of aromatic amines is 1. The van der Waals surface area contributed by atoms with Crippen molar-refractivity contribution < 1.29 is 9.53 Å². The topological polar surface area (TPSA) is 131 Å². The Kier molecular flexibility index (Phi) is 6.74. The van der Waals surface area contributed by atoms with E-state index in [-0.39, 0.29) is 11.6 Å². The van der Waals surface area contributed by atoms with Gasteiger partial charge < -0.3 is 4.74 Å². The Morgan fingerprint density at radius 1 is 1.19 bits per heavy atom. The molecule has 4 aromatic heterocycles. The molecule has 0 unspecified atom stereocenters. The van der Waals surface area contributed by atoms with E-state index in [0.29, 0.717) is 38.5 Å². The molecule has 2 N–H and O–H groups in total. The number of H-pyrrole nitrogens is 1. The number of nitrogens with zero attached hydrogens (tertiary/aromatic N) is 6. The molecule has 10 nitrogen and oxygen atoms in total. The van der Waals surface area contributed by atoms with Crippen molar-refractivity contribution in [3.05, 3.63) is 48.3 Å². The number of aryl methyl sites for hydroxylation is 1. The Balaban J connectivity index is 1.61. The van der Waals surface area contributed by atoms with Gasteiger partial charge >= 0.3 is 0 Å². The number of aromatic nitrogens is 7. The van der Waals surface area contributed by atoms with Crippen molar-refractivity contribution in [1.82, 2.24) is 34.5 Å². The van der Waals surface area contributed by atoms with Gasteiger partial charge in [-0.25, -0.2) is 19.9 Å². The van der Waals surface area contributed by atoms with Crippen molar-refractivity contribution in [2.24, 2.45) is 0 Å². The summed E-state index contributed by atoms with van der Waals surface area (Å²) in [5.41, 5.74) is 0.260. The van der Waals surface area contributed by atoms with Crippen LogP contribution in [0.25, 0.3) is 0 Å². The van der Waals surface area contributed by atoms with Gasteiger partial charge in [0.2, 0.25) is 11.0 Å². The SMILES string of the molecule is CCOc1ccc(Sc2ccc(Sc3ncn[nH]3)nc2C(=O)Nc2nc(C)ns2)cn1. The molecule has 31 heavy (non-hydrogen) atoms. The van der Waals surface area contributed by atoms with Crippen LogP contribution in [0.1, 0.15) is 23.2 Å². The molecule has 0 fully saturated rings. The van der Waals surface area contributed by atoms with E-state index in [4.69, 9.17) is 4.74 Å². The highest BCUT2D eigenvalue weighted by Gasteiger charge is 2.18. The quantitative estimate of drug-likeness (QED) is 0.391. The Hall–Kier alpha value is -3.03. The number of hydrogen-bond acceptors (Lipinski definition) is 11. The predicted octanol–water partition coefficient (Wildman–Crippen LogP) is 3.71. The molecule has 0 spiro atoms. The number of rotatable bonds is 8. The maximum Gasteiger partial charge on any atom is 0.277 e. The van der Waals surface area contributed by atoms with Gasteiger partial charge in [-0.15, -0.1) is 0 Å². The molecule has 0 aromatic carbocycles. The molecule has 13 heteroatoms. The Morgan fingerprint density at radius 3 is 2.77 bits per heavy atom. The van der Waals surface area contributed by atoms with E-state index >= 15 is 0 Å². The Bertz CT molecular complexity index is 1170. The molecular weight excluding hydrogens is 456 g/mol. The lowest BCUT2D eigenvalue weighted by Gasteiger charge is -2.10. The fraction of sp³-hybridized carbons (Fsp3) is 0.167. The van der Waals surface area contributed by atoms with Gasteiger partial charge in [0.1, 0.15) is 22.9 Å². The minimum Gasteiger partial charge on any atom is -0.478 e. The molecule has 4 rings (SSSR count). The van der Waals surface area contributed by atoms with Crippen LogP contribution < -0.4 is 10.1 Å². The van der Waals surface area contributed by atoms with Gasteiger partial charge in [-0.1, -0.05) is 11.8 Å². The van der Waals surface area contributed by atoms with Crippen molar-refractivity contribution >= 4 is 46.1 Å². The second-order valence-electron chi connectivity index (χ2n) is 5.86. The van der Waals surface area contributed by atoms with Crippen LogP contribution in [-0.2, 0) is 0 Å². The molecule has 0 radical (unpaired) electrons. The lowest BCUT2D eigenvalue weighted by molar-refractivity contribution is 0.101. The molecule has 0 aliphatic carbocycles. The standard InChI is InChI=1S/C18H16N8O2S3/c1-3-28-13-6-4-11(8-19-13)29-12-5-7-14(30-17-20-9-21-25-17)23-15(12)16(27)24-18-22-10(2)26-31-18/h4-9H,3H2,1-2H3,(H,20,21,25)(H,22,24,26,27). The van der Waals surface area contributed by atoms with Crippen LogP contribution in [0.5, 0.6) is 5.88 Å². The molecule has 4 heterocycles. The summed E-state index contributed by atoms with van der Waals surface area (Å²) >= 11 is 3.77. The summed E-state index contributed by atoms with van der Waals surface area (Å²) in [6.07, 6.45) is 3.11. The molecule has 0 aliphatic rings. The van der Waals surface area contributed by atoms with Crippen molar-refractivity contribution in [3.8, 4) is 5.88 Å². The second kappa shape index (κ2) is 9.85. The van der Waals surface area contributed by atoms with Crippen LogP contribution in [0.3, 0.4) is 0 Å². The fourth-order valence-corrected chi connectivity index (χ4v) is 4.47. The first-order chi connectivity index (χ1) is 15.1. The van der Waals surface area contributed by atoms with Gasteiger partial charge in [-0.2, -0.15) is 9.47 Å². The minimum absolute atomic E-state index is 0.260. The highest BCUT2D eigenvalue weighted by molar-refractivity contribution is 7.99. The third kappa shape index (κ3) is 5.57. The van der Waals surface area contributed by atoms with E-state index in [0.717, 1.165) is 16.4 Å². The van der Waals surface area contributed by atoms with E-state index < -0.39 is 0 Å². The molecular formula is C18H16N8O2S3. The molecule has 0 saturated heterocycles. The van der Waals surface area contributed by atoms with Crippen LogP contribution in [0, 0.1) is 6.92 Å². The number of carbonyl (C=O) groups is 1. The van der Waals surface area contributed by atoms with Gasteiger partial charge in [-0.3, -0.25) is 15.2 Å². The zero-order valence-electron chi connectivity index (χ0n) is 16.4. The summed E-state index contributed by atoms with van der Waals surface area (Å²) in [6, 6.07) is 7.34. The van der Waals surface area contributed by atoms with Gasteiger partial charge in [0, 0.05) is 33.6 Å². The highest BCUT2D eigenvalue weighted by Crippen LogP contribution is 2.33. The molecule has 4 aromatic rings. The van der Waals surface area contributed by atoms with Crippen LogP contribution in [-0.4, -0.2) is 47.0 Å². The molecule has 0 bridgehead atoms. The molecule has 0 saturated carbocycles. The number of ether oxygens (including phenoxy) is 1. The fourth-order valence-electron chi connectivity index (χ4n) is 2.36. The van der Waals surface area contributed by atoms with Gasteiger partial charge in [0.15, 0.2) is 5.16 Å². The average molecular weight is 473 g/mol. The van der Waals surface area contributed by atoms with Crippen LogP contribution in [0.15, 0.2) is 56.8 Å². The van der Waals surface area contributed by atoms with Crippen molar-refractivity contribution in [2.45, 2.75) is 33.8 Å². The number of carbonyl (C=O) groups excluding carboxylic acids is 1. The van der Waals surface area contributed by atoms with Crippen LogP contribution in [0.2, 0.25) is 0 Å². The van der Waals surface area contributed by atoms with Crippen molar-refractivity contribution in [2.75, 3.05) is 11.9 Å². The van der Waals surface area contributed by atoms with E-state index in [1.165, 1.54) is 29.9 Å². The summed E-state index contributed by atoms with van der Waals surface area (Å²) in [5.74, 6) is 0.767. The van der Waals surface area contributed by atoms with Crippen LogP contribution >= 0.6 is 35.1 Å². The largest absolute Gasteiger partial charge is 0.478 e. The summed E-state index contributed by atoms with van der Waals surface area (Å²) < 4.78 is 9.47. The van der Waals surface area contributed by atoms with Crippen molar-refractivity contribution in [1.29, 1.82) is 0 Å². The first-order valence-corrected chi connectivity index (χ1v) is 11.4. The van der Waals surface area contributed by atoms with Gasteiger partial charge in [0.25, 0.3) is 5.91 Å². The molecule has 0 aliphatic heterocycles.